The van der Waals surface area contributed by atoms with Gasteiger partial charge in [-0.3, -0.25) is 24.3 Å². The maximum Gasteiger partial charge on any atom is 0.335 e. The van der Waals surface area contributed by atoms with Crippen LogP contribution < -0.4 is 10.9 Å². The number of amides is 1. The van der Waals surface area contributed by atoms with E-state index in [1.165, 1.54) is 31.2 Å². The van der Waals surface area contributed by atoms with Gasteiger partial charge < -0.3 is 10.4 Å². The molecule has 9 heteroatoms. The molecule has 9 nitrogen and oxygen atoms in total. The number of anilines is 1. The molecule has 1 aromatic heterocycles. The molecule has 0 saturated carbocycles. The second-order valence-corrected chi connectivity index (χ2v) is 5.00. The highest BCUT2D eigenvalue weighted by molar-refractivity contribution is 5.92. The summed E-state index contributed by atoms with van der Waals surface area (Å²) in [6.45, 7) is 1.02. The third-order valence-corrected chi connectivity index (χ3v) is 3.19. The third-order valence-electron chi connectivity index (χ3n) is 3.19. The first-order valence-corrected chi connectivity index (χ1v) is 6.76. The lowest BCUT2D eigenvalue weighted by Crippen LogP contribution is -2.28. The number of benzene rings is 1. The number of nitrogens with zero attached hydrogens (tertiary/aromatic N) is 2. The van der Waals surface area contributed by atoms with E-state index in [1.54, 1.807) is 0 Å². The number of nitrogens with one attached hydrogen (secondary N) is 1. The van der Waals surface area contributed by atoms with Crippen LogP contribution in [0, 0.1) is 17.0 Å². The SMILES string of the molecule is Cc1cc([N+](=O)[O-])cn(CC(=O)Nc2ccc(C(=O)O)cc2)c1=O. The highest BCUT2D eigenvalue weighted by Gasteiger charge is 2.14. The Morgan fingerprint density at radius 2 is 1.92 bits per heavy atom. The van der Waals surface area contributed by atoms with Gasteiger partial charge in [0.2, 0.25) is 5.91 Å². The van der Waals surface area contributed by atoms with Gasteiger partial charge in [0, 0.05) is 17.3 Å². The Hall–Kier alpha value is -3.49. The predicted molar refractivity (Wildman–Crippen MR) is 84.1 cm³/mol. The van der Waals surface area contributed by atoms with Crippen molar-refractivity contribution in [3.63, 3.8) is 0 Å². The van der Waals surface area contributed by atoms with Gasteiger partial charge in [0.05, 0.1) is 16.7 Å². The molecule has 0 radical (unpaired) electrons. The minimum Gasteiger partial charge on any atom is -0.478 e. The maximum atomic E-state index is 12.0. The summed E-state index contributed by atoms with van der Waals surface area (Å²) < 4.78 is 0.953. The average Bonchev–Trinajstić information content (AvgIpc) is 2.51. The van der Waals surface area contributed by atoms with E-state index in [2.05, 4.69) is 5.32 Å². The van der Waals surface area contributed by atoms with Crippen LogP contribution >= 0.6 is 0 Å². The van der Waals surface area contributed by atoms with Gasteiger partial charge in [0.25, 0.3) is 11.2 Å². The smallest absolute Gasteiger partial charge is 0.335 e. The molecule has 0 spiro atoms. The van der Waals surface area contributed by atoms with Crippen molar-refractivity contribution in [2.24, 2.45) is 0 Å². The van der Waals surface area contributed by atoms with Crippen LogP contribution in [0.1, 0.15) is 15.9 Å². The van der Waals surface area contributed by atoms with E-state index in [4.69, 9.17) is 5.11 Å². The number of hydrogen-bond donors (Lipinski definition) is 2. The summed E-state index contributed by atoms with van der Waals surface area (Å²) >= 11 is 0. The lowest BCUT2D eigenvalue weighted by molar-refractivity contribution is -0.385. The number of carbonyl (C=O) groups is 2. The van der Waals surface area contributed by atoms with Crippen molar-refractivity contribution in [3.05, 3.63) is 68.1 Å². The fourth-order valence-corrected chi connectivity index (χ4v) is 2.03. The standard InChI is InChI=1S/C15H13N3O6/c1-9-6-12(18(23)24)7-17(14(9)20)8-13(19)16-11-4-2-10(3-5-11)15(21)22/h2-7H,8H2,1H3,(H,16,19)(H,21,22). The van der Waals surface area contributed by atoms with E-state index in [0.29, 0.717) is 5.69 Å². The first-order chi connectivity index (χ1) is 11.3. The largest absolute Gasteiger partial charge is 0.478 e. The Kier molecular flexibility index (Phi) is 4.73. The second kappa shape index (κ2) is 6.73. The van der Waals surface area contributed by atoms with Crippen molar-refractivity contribution < 1.29 is 19.6 Å². The van der Waals surface area contributed by atoms with E-state index in [1.807, 2.05) is 0 Å². The zero-order chi connectivity index (χ0) is 17.9. The van der Waals surface area contributed by atoms with Gasteiger partial charge in [-0.05, 0) is 31.2 Å². The van der Waals surface area contributed by atoms with Crippen LogP contribution in [-0.4, -0.2) is 26.5 Å². The molecule has 0 aliphatic heterocycles. The maximum absolute atomic E-state index is 12.0. The molecule has 2 rings (SSSR count). The van der Waals surface area contributed by atoms with Crippen molar-refractivity contribution in [1.29, 1.82) is 0 Å². The Morgan fingerprint density at radius 3 is 2.46 bits per heavy atom. The normalized spacial score (nSPS) is 10.2. The van der Waals surface area contributed by atoms with E-state index >= 15 is 0 Å². The Balaban J connectivity index is 2.16. The number of hydrogen-bond acceptors (Lipinski definition) is 5. The van der Waals surface area contributed by atoms with Crippen LogP contribution in [-0.2, 0) is 11.3 Å². The van der Waals surface area contributed by atoms with Crippen molar-refractivity contribution in [3.8, 4) is 0 Å². The number of pyridine rings is 1. The molecule has 0 aliphatic carbocycles. The number of aryl methyl sites for hydroxylation is 1. The minimum atomic E-state index is -1.09. The molecule has 2 aromatic rings. The molecule has 124 valence electrons. The minimum absolute atomic E-state index is 0.0681. The van der Waals surface area contributed by atoms with Gasteiger partial charge >= 0.3 is 5.97 Å². The molecular formula is C15H13N3O6. The fourth-order valence-electron chi connectivity index (χ4n) is 2.03. The monoisotopic (exact) mass is 331 g/mol. The molecule has 0 unspecified atom stereocenters. The van der Waals surface area contributed by atoms with E-state index in [0.717, 1.165) is 16.8 Å². The van der Waals surface area contributed by atoms with Crippen LogP contribution in [0.25, 0.3) is 0 Å². The zero-order valence-electron chi connectivity index (χ0n) is 12.6. The summed E-state index contributed by atoms with van der Waals surface area (Å²) in [5.41, 5.74) is -0.218. The molecule has 24 heavy (non-hydrogen) atoms. The molecule has 1 amide bonds. The molecule has 0 fully saturated rings. The molecule has 1 aromatic carbocycles. The quantitative estimate of drug-likeness (QED) is 0.629. The summed E-state index contributed by atoms with van der Waals surface area (Å²) in [5, 5.41) is 22.1. The molecule has 0 atom stereocenters. The van der Waals surface area contributed by atoms with Gasteiger partial charge in [-0.25, -0.2) is 4.79 Å². The van der Waals surface area contributed by atoms with Crippen LogP contribution in [0.3, 0.4) is 0 Å². The highest BCUT2D eigenvalue weighted by Crippen LogP contribution is 2.11. The van der Waals surface area contributed by atoms with Crippen LogP contribution in [0.5, 0.6) is 0 Å². The Morgan fingerprint density at radius 1 is 1.29 bits per heavy atom. The van der Waals surface area contributed by atoms with Gasteiger partial charge in [-0.1, -0.05) is 0 Å². The number of carboxylic acids is 1. The van der Waals surface area contributed by atoms with Crippen LogP contribution in [0.4, 0.5) is 11.4 Å². The summed E-state index contributed by atoms with van der Waals surface area (Å²) in [4.78, 5) is 44.9. The molecule has 2 N–H and O–H groups in total. The van der Waals surface area contributed by atoms with E-state index in [-0.39, 0.29) is 16.8 Å². The summed E-state index contributed by atoms with van der Waals surface area (Å²) in [7, 11) is 0. The third kappa shape index (κ3) is 3.83. The van der Waals surface area contributed by atoms with Gasteiger partial charge in [0.1, 0.15) is 6.54 Å². The fraction of sp³-hybridized carbons (Fsp3) is 0.133. The lowest BCUT2D eigenvalue weighted by atomic mass is 10.2. The molecule has 0 aliphatic rings. The van der Waals surface area contributed by atoms with E-state index in [9.17, 15) is 24.5 Å². The van der Waals surface area contributed by atoms with Crippen molar-refractivity contribution >= 4 is 23.3 Å². The van der Waals surface area contributed by atoms with Gasteiger partial charge in [0.15, 0.2) is 0 Å². The second-order valence-electron chi connectivity index (χ2n) is 5.00. The molecular weight excluding hydrogens is 318 g/mol. The lowest BCUT2D eigenvalue weighted by Gasteiger charge is -2.08. The van der Waals surface area contributed by atoms with Gasteiger partial charge in [-0.2, -0.15) is 0 Å². The Labute approximate surface area is 135 Å². The van der Waals surface area contributed by atoms with Crippen LogP contribution in [0.15, 0.2) is 41.3 Å². The summed E-state index contributed by atoms with van der Waals surface area (Å²) in [5.74, 6) is -1.66. The number of carbonyl (C=O) groups excluding carboxylic acids is 1. The summed E-state index contributed by atoms with van der Waals surface area (Å²) in [6.07, 6.45) is 1.00. The average molecular weight is 331 g/mol. The first kappa shape index (κ1) is 16.9. The molecule has 0 saturated heterocycles. The molecule has 1 heterocycles. The van der Waals surface area contributed by atoms with Crippen molar-refractivity contribution in [1.82, 2.24) is 4.57 Å². The number of carboxylic acid groups (broad SMARTS) is 1. The molecule has 0 bridgehead atoms. The Bertz CT molecular complexity index is 870. The van der Waals surface area contributed by atoms with E-state index < -0.39 is 28.9 Å². The summed E-state index contributed by atoms with van der Waals surface area (Å²) in [6, 6.07) is 6.59. The predicted octanol–water partition coefficient (Wildman–Crippen LogP) is 1.40. The van der Waals surface area contributed by atoms with Crippen LogP contribution in [0.2, 0.25) is 0 Å². The van der Waals surface area contributed by atoms with Crippen molar-refractivity contribution in [2.75, 3.05) is 5.32 Å². The first-order valence-electron chi connectivity index (χ1n) is 6.76. The van der Waals surface area contributed by atoms with Gasteiger partial charge in [-0.15, -0.1) is 0 Å². The topological polar surface area (TPSA) is 132 Å². The highest BCUT2D eigenvalue weighted by atomic mass is 16.6. The number of aromatic nitrogens is 1. The van der Waals surface area contributed by atoms with Crippen molar-refractivity contribution in [2.45, 2.75) is 13.5 Å². The zero-order valence-corrected chi connectivity index (χ0v) is 12.6. The number of rotatable bonds is 5. The number of aromatic carboxylic acids is 1. The number of nitro groups is 1.